The van der Waals surface area contributed by atoms with Crippen LogP contribution in [0.15, 0.2) is 18.2 Å². The molecule has 0 aliphatic heterocycles. The maximum absolute atomic E-state index is 10.1. The molecule has 1 heterocycles. The van der Waals surface area contributed by atoms with Gasteiger partial charge in [0.15, 0.2) is 0 Å². The Bertz CT molecular complexity index is 616. The predicted molar refractivity (Wildman–Crippen MR) is 87.2 cm³/mol. The van der Waals surface area contributed by atoms with Crippen molar-refractivity contribution in [3.8, 4) is 0 Å². The van der Waals surface area contributed by atoms with Crippen molar-refractivity contribution in [3.63, 3.8) is 0 Å². The molecular weight excluding hydrogens is 264 g/mol. The summed E-state index contributed by atoms with van der Waals surface area (Å²) in [6.07, 6.45) is -0.609. The maximum atomic E-state index is 10.1. The molecular formula is C16H26N4O. The van der Waals surface area contributed by atoms with Gasteiger partial charge in [-0.3, -0.25) is 0 Å². The lowest BCUT2D eigenvalue weighted by molar-refractivity contribution is 0.173. The third kappa shape index (κ3) is 3.19. The van der Waals surface area contributed by atoms with E-state index in [1.54, 1.807) is 6.92 Å². The van der Waals surface area contributed by atoms with Gasteiger partial charge in [0.05, 0.1) is 17.1 Å². The molecule has 0 saturated carbocycles. The molecule has 0 amide bonds. The number of aliphatic hydroxyl groups is 1. The van der Waals surface area contributed by atoms with Crippen LogP contribution < -0.4 is 5.73 Å². The van der Waals surface area contributed by atoms with Crippen molar-refractivity contribution in [3.05, 3.63) is 24.0 Å². The highest BCUT2D eigenvalue weighted by atomic mass is 16.3. The molecule has 21 heavy (non-hydrogen) atoms. The van der Waals surface area contributed by atoms with Crippen LogP contribution in [0.5, 0.6) is 0 Å². The molecule has 1 aromatic carbocycles. The quantitative estimate of drug-likeness (QED) is 0.830. The largest absolute Gasteiger partial charge is 0.399 e. The zero-order valence-electron chi connectivity index (χ0n) is 13.5. The monoisotopic (exact) mass is 290 g/mol. The number of anilines is 1. The second-order valence-electron chi connectivity index (χ2n) is 6.34. The summed E-state index contributed by atoms with van der Waals surface area (Å²) in [5, 5.41) is 10.1. The molecule has 0 saturated heterocycles. The average Bonchev–Trinajstić information content (AvgIpc) is 2.73. The van der Waals surface area contributed by atoms with E-state index in [0.29, 0.717) is 17.4 Å². The van der Waals surface area contributed by atoms with Crippen molar-refractivity contribution in [2.24, 2.45) is 5.92 Å². The first-order chi connectivity index (χ1) is 9.81. The number of hydrogen-bond donors (Lipinski definition) is 2. The third-order valence-corrected chi connectivity index (χ3v) is 3.77. The summed E-state index contributed by atoms with van der Waals surface area (Å²) in [5.41, 5.74) is 8.42. The van der Waals surface area contributed by atoms with Crippen LogP contribution in [0.25, 0.3) is 11.0 Å². The molecule has 2 aromatic rings. The number of aromatic nitrogens is 2. The highest BCUT2D eigenvalue weighted by Gasteiger charge is 2.24. The minimum atomic E-state index is -0.609. The van der Waals surface area contributed by atoms with Gasteiger partial charge < -0.3 is 20.3 Å². The number of nitrogen functional groups attached to an aromatic ring is 1. The highest BCUT2D eigenvalue weighted by molar-refractivity contribution is 5.80. The van der Waals surface area contributed by atoms with Crippen molar-refractivity contribution >= 4 is 16.7 Å². The number of benzene rings is 1. The van der Waals surface area contributed by atoms with Gasteiger partial charge in [-0.15, -0.1) is 0 Å². The van der Waals surface area contributed by atoms with E-state index in [1.807, 2.05) is 18.2 Å². The number of nitrogens with zero attached hydrogens (tertiary/aromatic N) is 3. The second kappa shape index (κ2) is 6.03. The number of rotatable bonds is 5. The summed E-state index contributed by atoms with van der Waals surface area (Å²) in [6, 6.07) is 6.00. The van der Waals surface area contributed by atoms with Gasteiger partial charge in [-0.05, 0) is 45.1 Å². The fourth-order valence-electron chi connectivity index (χ4n) is 2.74. The number of nitrogens with two attached hydrogens (primary N) is 1. The predicted octanol–water partition coefficient (Wildman–Crippen LogP) is 2.43. The zero-order chi connectivity index (χ0) is 15.7. The van der Waals surface area contributed by atoms with Gasteiger partial charge in [-0.1, -0.05) is 13.8 Å². The van der Waals surface area contributed by atoms with Gasteiger partial charge in [-0.25, -0.2) is 4.98 Å². The molecule has 5 nitrogen and oxygen atoms in total. The third-order valence-electron chi connectivity index (χ3n) is 3.77. The molecule has 0 bridgehead atoms. The van der Waals surface area contributed by atoms with Crippen LogP contribution in [-0.4, -0.2) is 40.2 Å². The Kier molecular flexibility index (Phi) is 4.54. The fourth-order valence-corrected chi connectivity index (χ4v) is 2.74. The van der Waals surface area contributed by atoms with Crippen LogP contribution in [0.2, 0.25) is 0 Å². The highest BCUT2D eigenvalue weighted by Crippen LogP contribution is 2.30. The number of hydrogen-bond acceptors (Lipinski definition) is 4. The minimum absolute atomic E-state index is 0.248. The van der Waals surface area contributed by atoms with Crippen molar-refractivity contribution in [2.75, 3.05) is 26.4 Å². The smallest absolute Gasteiger partial charge is 0.138 e. The zero-order valence-corrected chi connectivity index (χ0v) is 13.5. The minimum Gasteiger partial charge on any atom is -0.399 e. The van der Waals surface area contributed by atoms with Crippen LogP contribution in [-0.2, 0) is 0 Å². The van der Waals surface area contributed by atoms with Crippen LogP contribution in [0.3, 0.4) is 0 Å². The van der Waals surface area contributed by atoms with Gasteiger partial charge in [0.2, 0.25) is 0 Å². The Labute approximate surface area is 126 Å². The first kappa shape index (κ1) is 15.8. The van der Waals surface area contributed by atoms with E-state index in [-0.39, 0.29) is 6.04 Å². The van der Waals surface area contributed by atoms with Crippen molar-refractivity contribution in [2.45, 2.75) is 32.9 Å². The normalized spacial score (nSPS) is 15.0. The summed E-state index contributed by atoms with van der Waals surface area (Å²) in [5.74, 6) is 1.14. The molecule has 3 N–H and O–H groups in total. The van der Waals surface area contributed by atoms with E-state index in [0.717, 1.165) is 17.6 Å². The molecule has 2 atom stereocenters. The van der Waals surface area contributed by atoms with Gasteiger partial charge in [0, 0.05) is 12.2 Å². The molecule has 0 fully saturated rings. The Morgan fingerprint density at radius 2 is 1.95 bits per heavy atom. The molecule has 5 heteroatoms. The topological polar surface area (TPSA) is 67.3 Å². The molecule has 0 radical (unpaired) electrons. The first-order valence-electron chi connectivity index (χ1n) is 7.41. The van der Waals surface area contributed by atoms with Gasteiger partial charge in [0.1, 0.15) is 11.9 Å². The summed E-state index contributed by atoms with van der Waals surface area (Å²) in [7, 11) is 4.13. The lowest BCUT2D eigenvalue weighted by atomic mass is 10.0. The van der Waals surface area contributed by atoms with Gasteiger partial charge in [-0.2, -0.15) is 0 Å². The molecule has 0 spiro atoms. The molecule has 2 rings (SSSR count). The van der Waals surface area contributed by atoms with E-state index in [4.69, 9.17) is 5.73 Å². The van der Waals surface area contributed by atoms with Crippen LogP contribution in [0.1, 0.15) is 38.7 Å². The Hall–Kier alpha value is -1.59. The standard InChI is InChI=1S/C16H26N4O/c1-10(2)15(9-19(4)5)20-14-7-6-12(17)8-13(14)18-16(20)11(3)21/h6-8,10-11,15,21H,9,17H2,1-5H3. The van der Waals surface area contributed by atoms with E-state index in [2.05, 4.69) is 42.4 Å². The summed E-state index contributed by atoms with van der Waals surface area (Å²) in [4.78, 5) is 6.76. The number of aliphatic hydroxyl groups excluding tert-OH is 1. The lowest BCUT2D eigenvalue weighted by Crippen LogP contribution is -2.29. The SMILES string of the molecule is CC(O)c1nc2cc(N)ccc2n1C(CN(C)C)C(C)C. The second-order valence-corrected chi connectivity index (χ2v) is 6.34. The van der Waals surface area contributed by atoms with E-state index < -0.39 is 6.10 Å². The maximum Gasteiger partial charge on any atom is 0.138 e. The van der Waals surface area contributed by atoms with E-state index >= 15 is 0 Å². The Morgan fingerprint density at radius 3 is 2.48 bits per heavy atom. The summed E-state index contributed by atoms with van der Waals surface area (Å²) < 4.78 is 2.17. The van der Waals surface area contributed by atoms with Gasteiger partial charge >= 0.3 is 0 Å². The van der Waals surface area contributed by atoms with Crippen molar-refractivity contribution in [1.29, 1.82) is 0 Å². The van der Waals surface area contributed by atoms with Crippen LogP contribution in [0.4, 0.5) is 5.69 Å². The van der Waals surface area contributed by atoms with Crippen LogP contribution >= 0.6 is 0 Å². The summed E-state index contributed by atoms with van der Waals surface area (Å²) >= 11 is 0. The lowest BCUT2D eigenvalue weighted by Gasteiger charge is -2.28. The Balaban J connectivity index is 2.65. The molecule has 1 aromatic heterocycles. The van der Waals surface area contributed by atoms with Crippen molar-refractivity contribution in [1.82, 2.24) is 14.5 Å². The Morgan fingerprint density at radius 1 is 1.29 bits per heavy atom. The van der Waals surface area contributed by atoms with Gasteiger partial charge in [0.25, 0.3) is 0 Å². The molecule has 0 aliphatic rings. The van der Waals surface area contributed by atoms with Crippen molar-refractivity contribution < 1.29 is 5.11 Å². The van der Waals surface area contributed by atoms with Crippen LogP contribution in [0, 0.1) is 5.92 Å². The molecule has 0 aliphatic carbocycles. The number of fused-ring (bicyclic) bond motifs is 1. The summed E-state index contributed by atoms with van der Waals surface area (Å²) in [6.45, 7) is 7.05. The van der Waals surface area contributed by atoms with E-state index in [1.165, 1.54) is 0 Å². The fraction of sp³-hybridized carbons (Fsp3) is 0.562. The first-order valence-corrected chi connectivity index (χ1v) is 7.41. The molecule has 2 unspecified atom stereocenters. The number of likely N-dealkylation sites (N-methyl/N-ethyl adjacent to an activating group) is 1. The average molecular weight is 290 g/mol. The van der Waals surface area contributed by atoms with E-state index in [9.17, 15) is 5.11 Å². The molecule has 116 valence electrons. The number of imidazole rings is 1.